The van der Waals surface area contributed by atoms with Crippen molar-refractivity contribution < 1.29 is 29.6 Å². The van der Waals surface area contributed by atoms with E-state index in [1.54, 1.807) is 36.4 Å². The molecule has 5 atom stereocenters. The number of carbonyl (C=O) groups excluding carboxylic acids is 1. The van der Waals surface area contributed by atoms with Gasteiger partial charge in [0.2, 0.25) is 0 Å². The summed E-state index contributed by atoms with van der Waals surface area (Å²) in [5.74, 6) is -0.0305. The summed E-state index contributed by atoms with van der Waals surface area (Å²) in [6.45, 7) is 0.0625. The maximum absolute atomic E-state index is 11.1. The van der Waals surface area contributed by atoms with E-state index in [9.17, 15) is 20.1 Å². The third-order valence-electron chi connectivity index (χ3n) is 5.24. The Hall–Kier alpha value is -1.86. The van der Waals surface area contributed by atoms with Crippen LogP contribution in [-0.4, -0.2) is 53.3 Å². The lowest BCUT2D eigenvalue weighted by Crippen LogP contribution is -2.21. The summed E-state index contributed by atoms with van der Waals surface area (Å²) in [6.07, 6.45) is 7.98. The summed E-state index contributed by atoms with van der Waals surface area (Å²) < 4.78 is 10.1. The van der Waals surface area contributed by atoms with Crippen molar-refractivity contribution in [3.05, 3.63) is 53.6 Å². The smallest absolute Gasteiger partial charge is 0.305 e. The number of benzene rings is 1. The van der Waals surface area contributed by atoms with E-state index >= 15 is 0 Å². The second kappa shape index (κ2) is 12.7. The van der Waals surface area contributed by atoms with Crippen molar-refractivity contribution in [3.8, 4) is 5.75 Å². The van der Waals surface area contributed by atoms with Crippen molar-refractivity contribution in [2.24, 2.45) is 11.8 Å². The van der Waals surface area contributed by atoms with Crippen LogP contribution in [-0.2, 0) is 9.53 Å². The molecular formula is C23H31ClO6. The fourth-order valence-electron chi connectivity index (χ4n) is 3.59. The van der Waals surface area contributed by atoms with E-state index in [-0.39, 0.29) is 24.4 Å². The first-order valence-electron chi connectivity index (χ1n) is 10.2. The molecule has 0 heterocycles. The van der Waals surface area contributed by atoms with Gasteiger partial charge in [0.05, 0.1) is 19.3 Å². The van der Waals surface area contributed by atoms with Gasteiger partial charge in [-0.1, -0.05) is 42.0 Å². The molecule has 1 aromatic carbocycles. The molecule has 0 bridgehead atoms. The highest BCUT2D eigenvalue weighted by atomic mass is 35.5. The number of hydrogen-bond donors (Lipinski definition) is 3. The van der Waals surface area contributed by atoms with Crippen molar-refractivity contribution in [1.29, 1.82) is 0 Å². The first kappa shape index (κ1) is 24.4. The molecule has 1 fully saturated rings. The number of ether oxygens (including phenoxy) is 2. The summed E-state index contributed by atoms with van der Waals surface area (Å²) >= 11 is 5.91. The van der Waals surface area contributed by atoms with Crippen molar-refractivity contribution in [1.82, 2.24) is 0 Å². The van der Waals surface area contributed by atoms with Crippen molar-refractivity contribution >= 4 is 17.6 Å². The number of esters is 1. The Morgan fingerprint density at radius 2 is 2.10 bits per heavy atom. The summed E-state index contributed by atoms with van der Waals surface area (Å²) in [4.78, 5) is 11.1. The highest BCUT2D eigenvalue weighted by molar-refractivity contribution is 6.30. The number of allylic oxidation sites excluding steroid dienone is 2. The van der Waals surface area contributed by atoms with Gasteiger partial charge in [0.1, 0.15) is 18.5 Å². The second-order valence-electron chi connectivity index (χ2n) is 7.51. The van der Waals surface area contributed by atoms with Crippen molar-refractivity contribution in [2.45, 2.75) is 50.4 Å². The molecule has 0 aliphatic heterocycles. The minimum atomic E-state index is -0.844. The van der Waals surface area contributed by atoms with Gasteiger partial charge in [-0.15, -0.1) is 0 Å². The predicted octanol–water partition coefficient (Wildman–Crippen LogP) is 3.28. The van der Waals surface area contributed by atoms with E-state index < -0.39 is 18.3 Å². The lowest BCUT2D eigenvalue weighted by Gasteiger charge is -2.19. The Labute approximate surface area is 182 Å². The van der Waals surface area contributed by atoms with Gasteiger partial charge in [-0.3, -0.25) is 4.79 Å². The van der Waals surface area contributed by atoms with E-state index in [4.69, 9.17) is 16.3 Å². The molecule has 1 saturated carbocycles. The fraction of sp³-hybridized carbons (Fsp3) is 0.522. The third-order valence-corrected chi connectivity index (χ3v) is 5.48. The normalized spacial score (nSPS) is 25.1. The fourth-order valence-corrected chi connectivity index (χ4v) is 3.77. The molecule has 0 aromatic heterocycles. The molecule has 0 saturated heterocycles. The lowest BCUT2D eigenvalue weighted by molar-refractivity contribution is -0.140. The molecule has 3 N–H and O–H groups in total. The van der Waals surface area contributed by atoms with Crippen LogP contribution in [0.4, 0.5) is 0 Å². The highest BCUT2D eigenvalue weighted by Gasteiger charge is 2.39. The van der Waals surface area contributed by atoms with Gasteiger partial charge < -0.3 is 24.8 Å². The van der Waals surface area contributed by atoms with Gasteiger partial charge in [-0.2, -0.15) is 0 Å². The van der Waals surface area contributed by atoms with Crippen LogP contribution in [0.25, 0.3) is 0 Å². The Morgan fingerprint density at radius 1 is 1.30 bits per heavy atom. The van der Waals surface area contributed by atoms with Gasteiger partial charge in [-0.05, 0) is 43.4 Å². The average Bonchev–Trinajstić information content (AvgIpc) is 2.99. The number of unbranched alkanes of at least 4 members (excludes halogenated alkanes) is 1. The van der Waals surface area contributed by atoms with Crippen molar-refractivity contribution in [2.75, 3.05) is 13.7 Å². The molecule has 7 heteroatoms. The molecule has 1 unspecified atom stereocenters. The van der Waals surface area contributed by atoms with E-state index in [1.807, 2.05) is 12.2 Å². The van der Waals surface area contributed by atoms with E-state index in [1.165, 1.54) is 7.11 Å². The first-order chi connectivity index (χ1) is 14.4. The molecule has 30 heavy (non-hydrogen) atoms. The van der Waals surface area contributed by atoms with Gasteiger partial charge in [-0.25, -0.2) is 0 Å². The average molecular weight is 439 g/mol. The molecule has 166 valence electrons. The first-order valence-corrected chi connectivity index (χ1v) is 10.6. The van der Waals surface area contributed by atoms with Gasteiger partial charge >= 0.3 is 5.97 Å². The van der Waals surface area contributed by atoms with Crippen LogP contribution in [0.5, 0.6) is 5.75 Å². The van der Waals surface area contributed by atoms with Crippen LogP contribution in [0, 0.1) is 11.8 Å². The zero-order valence-corrected chi connectivity index (χ0v) is 17.9. The summed E-state index contributed by atoms with van der Waals surface area (Å²) in [5, 5.41) is 31.3. The van der Waals surface area contributed by atoms with Crippen LogP contribution in [0.15, 0.2) is 48.6 Å². The molecule has 0 spiro atoms. The Bertz CT molecular complexity index is 719. The monoisotopic (exact) mass is 438 g/mol. The topological polar surface area (TPSA) is 96.2 Å². The standard InChI is InChI=1S/C23H31ClO6/c1-29-23(28)10-5-3-2-4-9-19-20(22(27)14-21(19)26)12-11-17(25)15-30-18-8-6-7-16(24)13-18/h2,4,6-8,11-13,17,19-22,25-27H,3,5,9-10,14-15H2,1H3/b4-2-,12-11+/t17-,19?,20-,21+,22-/m1/s1. The molecule has 0 radical (unpaired) electrons. The summed E-state index contributed by atoms with van der Waals surface area (Å²) in [6, 6.07) is 6.94. The van der Waals surface area contributed by atoms with Gasteiger partial charge in [0.25, 0.3) is 0 Å². The number of aliphatic hydroxyl groups excluding tert-OH is 3. The molecule has 6 nitrogen and oxygen atoms in total. The van der Waals surface area contributed by atoms with Crippen molar-refractivity contribution in [3.63, 3.8) is 0 Å². The molecular weight excluding hydrogens is 408 g/mol. The molecule has 2 rings (SSSR count). The maximum Gasteiger partial charge on any atom is 0.305 e. The Morgan fingerprint density at radius 3 is 2.83 bits per heavy atom. The number of halogens is 1. The van der Waals surface area contributed by atoms with Gasteiger partial charge in [0, 0.05) is 23.8 Å². The van der Waals surface area contributed by atoms with Crippen LogP contribution >= 0.6 is 11.6 Å². The summed E-state index contributed by atoms with van der Waals surface area (Å²) in [7, 11) is 1.37. The minimum absolute atomic E-state index is 0.0625. The van der Waals surface area contributed by atoms with E-state index in [0.29, 0.717) is 36.5 Å². The van der Waals surface area contributed by atoms with E-state index in [2.05, 4.69) is 4.74 Å². The Balaban J connectivity index is 1.81. The third kappa shape index (κ3) is 8.11. The zero-order chi connectivity index (χ0) is 21.9. The molecule has 1 aliphatic carbocycles. The minimum Gasteiger partial charge on any atom is -0.491 e. The number of rotatable bonds is 11. The molecule has 1 aromatic rings. The van der Waals surface area contributed by atoms with Gasteiger partial charge in [0.15, 0.2) is 0 Å². The molecule has 1 aliphatic rings. The largest absolute Gasteiger partial charge is 0.491 e. The molecule has 0 amide bonds. The Kier molecular flexibility index (Phi) is 10.4. The van der Waals surface area contributed by atoms with Crippen LogP contribution in [0.2, 0.25) is 5.02 Å². The zero-order valence-electron chi connectivity index (χ0n) is 17.2. The lowest BCUT2D eigenvalue weighted by atomic mass is 9.89. The second-order valence-corrected chi connectivity index (χ2v) is 7.94. The SMILES string of the molecule is COC(=O)CCC/C=C\CC1[C@@H](/C=C/[C@@H](O)COc2cccc(Cl)c2)[C@H](O)C[C@@H]1O. The quantitative estimate of drug-likeness (QED) is 0.279. The number of carbonyl (C=O) groups is 1. The van der Waals surface area contributed by atoms with Crippen LogP contribution < -0.4 is 4.74 Å². The summed E-state index contributed by atoms with van der Waals surface area (Å²) in [5.41, 5.74) is 0. The number of methoxy groups -OCH3 is 1. The van der Waals surface area contributed by atoms with Crippen LogP contribution in [0.1, 0.15) is 32.1 Å². The number of hydrogen-bond acceptors (Lipinski definition) is 6. The maximum atomic E-state index is 11.1. The van der Waals surface area contributed by atoms with Crippen LogP contribution in [0.3, 0.4) is 0 Å². The number of aliphatic hydroxyl groups is 3. The highest BCUT2D eigenvalue weighted by Crippen LogP contribution is 2.36. The predicted molar refractivity (Wildman–Crippen MR) is 115 cm³/mol. The van der Waals surface area contributed by atoms with E-state index in [0.717, 1.165) is 6.42 Å².